The number of hydrogen-bond acceptors (Lipinski definition) is 6. The van der Waals surface area contributed by atoms with Crippen LogP contribution in [0.1, 0.15) is 18.7 Å². The van der Waals surface area contributed by atoms with E-state index in [0.29, 0.717) is 23.9 Å². The van der Waals surface area contributed by atoms with Gasteiger partial charge in [0.05, 0.1) is 17.6 Å². The van der Waals surface area contributed by atoms with E-state index in [2.05, 4.69) is 25.3 Å². The quantitative estimate of drug-likeness (QED) is 0.665. The number of H-pyrrole nitrogens is 1. The minimum absolute atomic E-state index is 0.231. The van der Waals surface area contributed by atoms with Crippen molar-refractivity contribution >= 4 is 28.6 Å². The summed E-state index contributed by atoms with van der Waals surface area (Å²) in [5.41, 5.74) is 7.22. The zero-order chi connectivity index (χ0) is 16.7. The van der Waals surface area contributed by atoms with E-state index in [1.807, 2.05) is 18.0 Å². The highest BCUT2D eigenvalue weighted by Gasteiger charge is 2.22. The molecular weight excluding hydrogens is 309 g/mol. The Kier molecular flexibility index (Phi) is 3.44. The van der Waals surface area contributed by atoms with E-state index < -0.39 is 0 Å². The molecule has 4 N–H and O–H groups in total. The Morgan fingerprint density at radius 1 is 1.29 bits per heavy atom. The summed E-state index contributed by atoms with van der Waals surface area (Å²) in [5, 5.41) is 3.32. The highest BCUT2D eigenvalue weighted by Crippen LogP contribution is 2.26. The lowest BCUT2D eigenvalue weighted by Gasteiger charge is -2.18. The minimum Gasteiger partial charge on any atom is -0.368 e. The molecule has 1 saturated carbocycles. The van der Waals surface area contributed by atoms with Crippen LogP contribution in [0.5, 0.6) is 0 Å². The number of nitrogens with zero attached hydrogens (tertiary/aromatic N) is 4. The van der Waals surface area contributed by atoms with Gasteiger partial charge >= 0.3 is 0 Å². The highest BCUT2D eigenvalue weighted by atomic mass is 19.1. The molecular formula is C16H18FN7. The Bertz CT molecular complexity index is 887. The Labute approximate surface area is 138 Å². The van der Waals surface area contributed by atoms with Gasteiger partial charge in [0.25, 0.3) is 0 Å². The summed E-state index contributed by atoms with van der Waals surface area (Å²) in [4.78, 5) is 18.0. The third kappa shape index (κ3) is 3.08. The number of nitrogens with one attached hydrogen (secondary N) is 2. The maximum Gasteiger partial charge on any atom is 0.223 e. The summed E-state index contributed by atoms with van der Waals surface area (Å²) in [6, 6.07) is 6.86. The molecule has 124 valence electrons. The lowest BCUT2D eigenvalue weighted by Crippen LogP contribution is -2.20. The molecule has 4 rings (SSSR count). The Morgan fingerprint density at radius 2 is 2.12 bits per heavy atom. The van der Waals surface area contributed by atoms with E-state index in [-0.39, 0.29) is 11.8 Å². The second-order valence-electron chi connectivity index (χ2n) is 6.09. The molecule has 1 aliphatic carbocycles. The van der Waals surface area contributed by atoms with Gasteiger partial charge in [-0.15, -0.1) is 0 Å². The number of fused-ring (bicyclic) bond motifs is 1. The lowest BCUT2D eigenvalue weighted by molar-refractivity contribution is 0.629. The maximum absolute atomic E-state index is 13.3. The number of anilines is 3. The number of nitrogen functional groups attached to an aromatic ring is 1. The third-order valence-electron chi connectivity index (χ3n) is 3.93. The molecule has 0 radical (unpaired) electrons. The van der Waals surface area contributed by atoms with Crippen LogP contribution in [0, 0.1) is 5.82 Å². The fraction of sp³-hybridized carbons (Fsp3) is 0.312. The van der Waals surface area contributed by atoms with Gasteiger partial charge in [-0.25, -0.2) is 9.37 Å². The van der Waals surface area contributed by atoms with Crippen LogP contribution >= 0.6 is 0 Å². The molecule has 0 bridgehead atoms. The molecule has 24 heavy (non-hydrogen) atoms. The van der Waals surface area contributed by atoms with Crippen LogP contribution in [0.2, 0.25) is 0 Å². The summed E-state index contributed by atoms with van der Waals surface area (Å²) < 4.78 is 13.3. The van der Waals surface area contributed by atoms with Crippen molar-refractivity contribution in [3.8, 4) is 0 Å². The second kappa shape index (κ2) is 5.63. The first-order valence-corrected chi connectivity index (χ1v) is 7.83. The average molecular weight is 327 g/mol. The van der Waals surface area contributed by atoms with Gasteiger partial charge in [0.1, 0.15) is 23.3 Å². The maximum atomic E-state index is 13.3. The van der Waals surface area contributed by atoms with Gasteiger partial charge in [0, 0.05) is 19.2 Å². The van der Waals surface area contributed by atoms with E-state index >= 15 is 0 Å². The van der Waals surface area contributed by atoms with Crippen LogP contribution in [0.25, 0.3) is 11.0 Å². The van der Waals surface area contributed by atoms with Gasteiger partial charge in [0.2, 0.25) is 5.95 Å². The molecule has 0 spiro atoms. The Hall–Kier alpha value is -2.90. The third-order valence-corrected chi connectivity index (χ3v) is 3.93. The molecule has 1 aromatic carbocycles. The molecule has 8 heteroatoms. The van der Waals surface area contributed by atoms with Gasteiger partial charge in [-0.3, -0.25) is 0 Å². The van der Waals surface area contributed by atoms with Crippen LogP contribution in [-0.2, 0) is 6.54 Å². The standard InChI is InChI=1S/C16H18FN7/c1-24(8-14-20-11-5-2-9(17)6-12(11)21-14)15-7-13(19-10-3-4-10)22-16(18)23-15/h2,5-7,10H,3-4,8H2,1H3,(H,20,21)(H3,18,19,22,23). The van der Waals surface area contributed by atoms with Gasteiger partial charge < -0.3 is 20.9 Å². The smallest absolute Gasteiger partial charge is 0.223 e. The average Bonchev–Trinajstić information content (AvgIpc) is 3.24. The number of rotatable bonds is 5. The molecule has 0 saturated heterocycles. The van der Waals surface area contributed by atoms with E-state index in [1.54, 1.807) is 6.07 Å². The number of aromatic amines is 1. The summed E-state index contributed by atoms with van der Waals surface area (Å²) in [6.07, 6.45) is 2.31. The van der Waals surface area contributed by atoms with Crippen LogP contribution in [-0.4, -0.2) is 33.0 Å². The largest absolute Gasteiger partial charge is 0.368 e. The van der Waals surface area contributed by atoms with E-state index in [4.69, 9.17) is 5.73 Å². The van der Waals surface area contributed by atoms with Crippen molar-refractivity contribution in [1.29, 1.82) is 0 Å². The number of nitrogens with two attached hydrogens (primary N) is 1. The second-order valence-corrected chi connectivity index (χ2v) is 6.09. The molecule has 2 heterocycles. The van der Waals surface area contributed by atoms with Crippen LogP contribution < -0.4 is 16.0 Å². The molecule has 0 unspecified atom stereocenters. The fourth-order valence-corrected chi connectivity index (χ4v) is 2.57. The van der Waals surface area contributed by atoms with Crippen molar-refractivity contribution in [3.05, 3.63) is 35.9 Å². The van der Waals surface area contributed by atoms with Crippen LogP contribution in [0.3, 0.4) is 0 Å². The molecule has 0 aliphatic heterocycles. The fourth-order valence-electron chi connectivity index (χ4n) is 2.57. The summed E-state index contributed by atoms with van der Waals surface area (Å²) in [5.74, 6) is 2.11. The molecule has 2 aromatic heterocycles. The topological polar surface area (TPSA) is 95.8 Å². The summed E-state index contributed by atoms with van der Waals surface area (Å²) in [6.45, 7) is 0.496. The number of hydrogen-bond donors (Lipinski definition) is 3. The van der Waals surface area contributed by atoms with E-state index in [1.165, 1.54) is 12.1 Å². The molecule has 3 aromatic rings. The van der Waals surface area contributed by atoms with Crippen LogP contribution in [0.15, 0.2) is 24.3 Å². The zero-order valence-corrected chi connectivity index (χ0v) is 13.3. The Morgan fingerprint density at radius 3 is 2.92 bits per heavy atom. The molecule has 0 amide bonds. The molecule has 1 aliphatic rings. The van der Waals surface area contributed by atoms with E-state index in [0.717, 1.165) is 30.0 Å². The SMILES string of the molecule is CN(Cc1nc2ccc(F)cc2[nH]1)c1cc(NC2CC2)nc(N)n1. The van der Waals surface area contributed by atoms with Crippen molar-refractivity contribution in [1.82, 2.24) is 19.9 Å². The van der Waals surface area contributed by atoms with E-state index in [9.17, 15) is 4.39 Å². The van der Waals surface area contributed by atoms with Crippen molar-refractivity contribution in [2.24, 2.45) is 0 Å². The molecule has 1 fully saturated rings. The first-order valence-electron chi connectivity index (χ1n) is 7.83. The number of halogens is 1. The van der Waals surface area contributed by atoms with Crippen molar-refractivity contribution < 1.29 is 4.39 Å². The lowest BCUT2D eigenvalue weighted by atomic mass is 10.3. The first kappa shape index (κ1) is 14.7. The van der Waals surface area contributed by atoms with Gasteiger partial charge in [-0.2, -0.15) is 9.97 Å². The predicted octanol–water partition coefficient (Wildman–Crippen LogP) is 2.28. The van der Waals surface area contributed by atoms with Crippen LogP contribution in [0.4, 0.5) is 22.0 Å². The van der Waals surface area contributed by atoms with Crippen molar-refractivity contribution in [3.63, 3.8) is 0 Å². The minimum atomic E-state index is -0.287. The number of imidazole rings is 1. The first-order chi connectivity index (χ1) is 11.6. The monoisotopic (exact) mass is 327 g/mol. The molecule has 0 atom stereocenters. The molecule has 7 nitrogen and oxygen atoms in total. The number of aromatic nitrogens is 4. The predicted molar refractivity (Wildman–Crippen MR) is 91.2 cm³/mol. The van der Waals surface area contributed by atoms with Crippen molar-refractivity contribution in [2.75, 3.05) is 23.0 Å². The summed E-state index contributed by atoms with van der Waals surface area (Å²) in [7, 11) is 1.90. The normalized spacial score (nSPS) is 14.1. The van der Waals surface area contributed by atoms with Gasteiger partial charge in [-0.05, 0) is 31.0 Å². The highest BCUT2D eigenvalue weighted by molar-refractivity contribution is 5.75. The number of benzene rings is 1. The summed E-state index contributed by atoms with van der Waals surface area (Å²) >= 11 is 0. The van der Waals surface area contributed by atoms with Gasteiger partial charge in [0.15, 0.2) is 0 Å². The Balaban J connectivity index is 1.55. The van der Waals surface area contributed by atoms with Gasteiger partial charge in [-0.1, -0.05) is 0 Å². The zero-order valence-electron chi connectivity index (χ0n) is 13.3. The van der Waals surface area contributed by atoms with Crippen molar-refractivity contribution in [2.45, 2.75) is 25.4 Å².